The Morgan fingerprint density at radius 1 is 1.19 bits per heavy atom. The Morgan fingerprint density at radius 2 is 1.96 bits per heavy atom. The molecule has 0 aliphatic rings. The van der Waals surface area contributed by atoms with Gasteiger partial charge in [0.2, 0.25) is 0 Å². The number of halogens is 1. The first-order valence-corrected chi connectivity index (χ1v) is 8.58. The van der Waals surface area contributed by atoms with Gasteiger partial charge in [-0.05, 0) is 24.3 Å². The van der Waals surface area contributed by atoms with Crippen molar-refractivity contribution in [2.24, 2.45) is 0 Å². The average molecular weight is 387 g/mol. The van der Waals surface area contributed by atoms with Gasteiger partial charge in [-0.2, -0.15) is 0 Å². The van der Waals surface area contributed by atoms with Gasteiger partial charge in [-0.15, -0.1) is 0 Å². The molecule has 0 aliphatic carbocycles. The van der Waals surface area contributed by atoms with Crippen LogP contribution in [0, 0.1) is 10.1 Å². The van der Waals surface area contributed by atoms with Gasteiger partial charge in [0.25, 0.3) is 11.6 Å². The van der Waals surface area contributed by atoms with Crippen molar-refractivity contribution < 1.29 is 19.5 Å². The van der Waals surface area contributed by atoms with E-state index in [9.17, 15) is 14.9 Å². The molecule has 1 heterocycles. The summed E-state index contributed by atoms with van der Waals surface area (Å²) in [6.07, 6.45) is 1.58. The van der Waals surface area contributed by atoms with Gasteiger partial charge in [-0.3, -0.25) is 14.9 Å². The number of hydrogen-bond donors (Lipinski definition) is 2. The molecule has 3 aromatic rings. The monoisotopic (exact) mass is 386 g/mol. The van der Waals surface area contributed by atoms with Crippen LogP contribution in [0.3, 0.4) is 0 Å². The number of amides is 1. The molecule has 3 rings (SSSR count). The fourth-order valence-electron chi connectivity index (χ4n) is 2.73. The molecule has 138 valence electrons. The third-order valence-corrected chi connectivity index (χ3v) is 4.21. The molecule has 0 saturated heterocycles. The van der Waals surface area contributed by atoms with E-state index >= 15 is 0 Å². The molecule has 2 aromatic carbocycles. The van der Waals surface area contributed by atoms with Crippen molar-refractivity contribution in [3.05, 3.63) is 93.4 Å². The summed E-state index contributed by atoms with van der Waals surface area (Å²) in [4.78, 5) is 22.9. The summed E-state index contributed by atoms with van der Waals surface area (Å²) in [5.74, 6) is 0.347. The number of hydrogen-bond acceptors (Lipinski definition) is 4. The smallest absolute Gasteiger partial charge is 0.294 e. The Balaban J connectivity index is 1.71. The molecule has 0 saturated carbocycles. The third kappa shape index (κ3) is 4.72. The van der Waals surface area contributed by atoms with Gasteiger partial charge in [0, 0.05) is 16.7 Å². The van der Waals surface area contributed by atoms with Gasteiger partial charge in [-0.1, -0.05) is 41.9 Å². The highest BCUT2D eigenvalue weighted by molar-refractivity contribution is 6.31. The number of carbonyl (C=O) groups excluding carboxylic acids is 1. The molecule has 8 heteroatoms. The van der Waals surface area contributed by atoms with Crippen LogP contribution in [-0.4, -0.2) is 17.4 Å². The summed E-state index contributed by atoms with van der Waals surface area (Å²) < 4.78 is 5.50. The summed E-state index contributed by atoms with van der Waals surface area (Å²) in [5.41, 5.74) is 0.844. The Morgan fingerprint density at radius 3 is 2.63 bits per heavy atom. The zero-order valence-electron chi connectivity index (χ0n) is 14.2. The van der Waals surface area contributed by atoms with Crippen LogP contribution >= 0.6 is 11.6 Å². The Kier molecular flexibility index (Phi) is 5.85. The molecule has 1 aromatic heterocycles. The molecule has 27 heavy (non-hydrogen) atoms. The van der Waals surface area contributed by atoms with Crippen molar-refractivity contribution in [3.8, 4) is 0 Å². The molecule has 0 aliphatic heterocycles. The SMILES string of the molecule is O=C(C[NH2+][C@@H](c1ccccc1)c1ccco1)Nc1ccc(Cl)cc1[N+](=O)[O-]. The molecule has 7 nitrogen and oxygen atoms in total. The number of nitro groups is 1. The van der Waals surface area contributed by atoms with Gasteiger partial charge in [0.15, 0.2) is 18.3 Å². The van der Waals surface area contributed by atoms with Crippen LogP contribution < -0.4 is 10.6 Å². The number of nitro benzene ring substituents is 1. The second kappa shape index (κ2) is 8.48. The first-order chi connectivity index (χ1) is 13.0. The van der Waals surface area contributed by atoms with E-state index in [1.807, 2.05) is 41.7 Å². The molecular weight excluding hydrogens is 370 g/mol. The highest BCUT2D eigenvalue weighted by atomic mass is 35.5. The molecule has 3 N–H and O–H groups in total. The minimum atomic E-state index is -0.583. The van der Waals surface area contributed by atoms with Crippen LogP contribution in [-0.2, 0) is 4.79 Å². The van der Waals surface area contributed by atoms with E-state index in [1.165, 1.54) is 18.2 Å². The Bertz CT molecular complexity index is 929. The van der Waals surface area contributed by atoms with E-state index in [0.29, 0.717) is 5.76 Å². The third-order valence-electron chi connectivity index (χ3n) is 3.98. The van der Waals surface area contributed by atoms with E-state index < -0.39 is 4.92 Å². The summed E-state index contributed by atoms with van der Waals surface area (Å²) in [6.45, 7) is 0.0556. The second-order valence-corrected chi connectivity index (χ2v) is 6.25. The second-order valence-electron chi connectivity index (χ2n) is 5.81. The predicted octanol–water partition coefficient (Wildman–Crippen LogP) is 3.13. The van der Waals surface area contributed by atoms with Gasteiger partial charge in [-0.25, -0.2) is 0 Å². The average Bonchev–Trinajstić information content (AvgIpc) is 3.18. The fraction of sp³-hybridized carbons (Fsp3) is 0.105. The normalized spacial score (nSPS) is 11.7. The van der Waals surface area contributed by atoms with Crippen molar-refractivity contribution in [2.75, 3.05) is 11.9 Å². The largest absolute Gasteiger partial charge is 0.463 e. The molecular formula is C19H17ClN3O4+. The number of furan rings is 1. The van der Waals surface area contributed by atoms with Gasteiger partial charge in [0.05, 0.1) is 11.2 Å². The van der Waals surface area contributed by atoms with Crippen molar-refractivity contribution in [1.29, 1.82) is 0 Å². The van der Waals surface area contributed by atoms with Crippen LogP contribution in [0.2, 0.25) is 5.02 Å². The quantitative estimate of drug-likeness (QED) is 0.481. The van der Waals surface area contributed by atoms with E-state index in [0.717, 1.165) is 5.56 Å². The first-order valence-electron chi connectivity index (χ1n) is 8.20. The van der Waals surface area contributed by atoms with E-state index in [4.69, 9.17) is 16.0 Å². The van der Waals surface area contributed by atoms with Crippen LogP contribution in [0.1, 0.15) is 17.4 Å². The standard InChI is InChI=1S/C19H16ClN3O4/c20-14-8-9-15(16(11-14)23(25)26)22-18(24)12-21-19(17-7-4-10-27-17)13-5-2-1-3-6-13/h1-11,19,21H,12H2,(H,22,24)/p+1/t19-/m0/s1. The van der Waals surface area contributed by atoms with Gasteiger partial charge >= 0.3 is 0 Å². The Hall–Kier alpha value is -3.16. The summed E-state index contributed by atoms with van der Waals surface area (Å²) in [6, 6.07) is 17.2. The number of nitrogens with zero attached hydrogens (tertiary/aromatic N) is 1. The van der Waals surface area contributed by atoms with Crippen LogP contribution in [0.5, 0.6) is 0 Å². The number of rotatable bonds is 7. The number of quaternary nitrogens is 1. The summed E-state index contributed by atoms with van der Waals surface area (Å²) in [5, 5.41) is 15.7. The summed E-state index contributed by atoms with van der Waals surface area (Å²) >= 11 is 5.79. The summed E-state index contributed by atoms with van der Waals surface area (Å²) in [7, 11) is 0. The van der Waals surface area contributed by atoms with Crippen LogP contribution in [0.4, 0.5) is 11.4 Å². The number of benzene rings is 2. The van der Waals surface area contributed by atoms with Crippen molar-refractivity contribution >= 4 is 28.9 Å². The lowest BCUT2D eigenvalue weighted by Gasteiger charge is -2.14. The molecule has 1 amide bonds. The maximum Gasteiger partial charge on any atom is 0.294 e. The molecule has 0 radical (unpaired) electrons. The maximum absolute atomic E-state index is 12.3. The Labute approximate surface area is 160 Å². The highest BCUT2D eigenvalue weighted by Gasteiger charge is 2.22. The zero-order valence-corrected chi connectivity index (χ0v) is 14.9. The highest BCUT2D eigenvalue weighted by Crippen LogP contribution is 2.27. The van der Waals surface area contributed by atoms with E-state index in [2.05, 4.69) is 5.32 Å². The van der Waals surface area contributed by atoms with Crippen LogP contribution in [0.15, 0.2) is 71.3 Å². The zero-order chi connectivity index (χ0) is 19.2. The predicted molar refractivity (Wildman–Crippen MR) is 101 cm³/mol. The lowest BCUT2D eigenvalue weighted by molar-refractivity contribution is -0.678. The fourth-order valence-corrected chi connectivity index (χ4v) is 2.90. The van der Waals surface area contributed by atoms with Crippen LogP contribution in [0.25, 0.3) is 0 Å². The number of nitrogens with two attached hydrogens (primary N) is 1. The molecule has 0 bridgehead atoms. The molecule has 1 atom stereocenters. The lowest BCUT2D eigenvalue weighted by atomic mass is 10.0. The maximum atomic E-state index is 12.3. The van der Waals surface area contributed by atoms with Gasteiger partial charge < -0.3 is 15.1 Å². The minimum Gasteiger partial charge on any atom is -0.463 e. The number of anilines is 1. The molecule has 0 spiro atoms. The number of carbonyl (C=O) groups is 1. The lowest BCUT2D eigenvalue weighted by Crippen LogP contribution is -2.87. The van der Waals surface area contributed by atoms with Crippen molar-refractivity contribution in [2.45, 2.75) is 6.04 Å². The van der Waals surface area contributed by atoms with Crippen molar-refractivity contribution in [3.63, 3.8) is 0 Å². The molecule has 0 unspecified atom stereocenters. The van der Waals surface area contributed by atoms with Crippen molar-refractivity contribution in [1.82, 2.24) is 0 Å². The van der Waals surface area contributed by atoms with Gasteiger partial charge in [0.1, 0.15) is 5.69 Å². The minimum absolute atomic E-state index is 0.0556. The topological polar surface area (TPSA) is 102 Å². The van der Waals surface area contributed by atoms with E-state index in [1.54, 1.807) is 12.3 Å². The van der Waals surface area contributed by atoms with E-state index in [-0.39, 0.29) is 34.9 Å². The number of nitrogens with one attached hydrogen (secondary N) is 1. The molecule has 0 fully saturated rings. The first kappa shape index (κ1) is 18.6.